The number of aliphatic carboxylic acids is 1. The van der Waals surface area contributed by atoms with Gasteiger partial charge in [-0.3, -0.25) is 0 Å². The Labute approximate surface area is 167 Å². The molecular weight excluding hydrogens is 534 g/mol. The second kappa shape index (κ2) is 8.60. The Bertz CT molecular complexity index is 770. The maximum atomic E-state index is 13.4. The van der Waals surface area contributed by atoms with Crippen LogP contribution in [0.15, 0.2) is 11.7 Å². The summed E-state index contributed by atoms with van der Waals surface area (Å²) in [6, 6.07) is 0. The van der Waals surface area contributed by atoms with Crippen molar-refractivity contribution in [2.24, 2.45) is 0 Å². The fraction of sp³-hybridized carbons (Fsp3) is 0.750. The predicted octanol–water partition coefficient (Wildman–Crippen LogP) is 5.91. The summed E-state index contributed by atoms with van der Waals surface area (Å²) in [6.07, 6.45) is -12.3. The Hall–Kier alpha value is -2.09. The van der Waals surface area contributed by atoms with E-state index in [-0.39, 0.29) is 0 Å². The second-order valence-electron chi connectivity index (χ2n) is 5.61. The summed E-state index contributed by atoms with van der Waals surface area (Å²) in [6.45, 7) is -2.71. The lowest BCUT2D eigenvalue weighted by molar-refractivity contribution is -0.464. The second-order valence-corrected chi connectivity index (χ2v) is 5.61. The minimum absolute atomic E-state index is 2.32. The third-order valence-corrected chi connectivity index (χ3v) is 3.39. The minimum atomic E-state index is -8.73. The number of ether oxygens (including phenoxy) is 1. The number of carboxylic acid groups (broad SMARTS) is 1. The van der Waals surface area contributed by atoms with Crippen molar-refractivity contribution < 1.29 is 93.7 Å². The number of alkyl halides is 16. The molecule has 0 spiro atoms. The first-order chi connectivity index (χ1) is 14.2. The van der Waals surface area contributed by atoms with Gasteiger partial charge in [-0.15, -0.1) is 0 Å². The van der Waals surface area contributed by atoms with Gasteiger partial charge < -0.3 is 9.84 Å². The molecule has 21 heteroatoms. The molecule has 0 atom stereocenters. The van der Waals surface area contributed by atoms with E-state index in [2.05, 4.69) is 4.74 Å². The highest BCUT2D eigenvalue weighted by atomic mass is 19.4. The van der Waals surface area contributed by atoms with E-state index >= 15 is 0 Å². The van der Waals surface area contributed by atoms with E-state index in [1.165, 1.54) is 0 Å². The van der Waals surface area contributed by atoms with Gasteiger partial charge in [-0.2, -0.15) is 61.5 Å². The first kappa shape index (κ1) is 30.9. The van der Waals surface area contributed by atoms with Crippen molar-refractivity contribution in [3.05, 3.63) is 11.7 Å². The topological polar surface area (TPSA) is 46.5 Å². The smallest absolute Gasteiger partial charge is 0.426 e. The highest BCUT2D eigenvalue weighted by Crippen LogP contribution is 2.63. The molecule has 0 amide bonds. The standard InChI is InChI=1S/C12H4F18O3/c13-3(5(15)16)4(14)6(17,18)7(19,20)8(21,22)9(23,24)10(25,26)11(27,28)12(29,30)33-1-2(31)32/h5H,1H2,(H,31,32). The number of allylic oxidation sites excluding steroid dienone is 2. The van der Waals surface area contributed by atoms with Crippen LogP contribution in [0.1, 0.15) is 0 Å². The number of hydrogen-bond acceptors (Lipinski definition) is 2. The van der Waals surface area contributed by atoms with Crippen molar-refractivity contribution in [2.75, 3.05) is 6.61 Å². The van der Waals surface area contributed by atoms with E-state index in [9.17, 15) is 83.8 Å². The van der Waals surface area contributed by atoms with Crippen LogP contribution in [0.2, 0.25) is 0 Å². The van der Waals surface area contributed by atoms with Gasteiger partial charge in [0.15, 0.2) is 6.61 Å². The molecule has 0 aliphatic rings. The van der Waals surface area contributed by atoms with Gasteiger partial charge in [0.2, 0.25) is 11.7 Å². The molecule has 0 rings (SSSR count). The monoisotopic (exact) mass is 538 g/mol. The molecule has 0 bridgehead atoms. The van der Waals surface area contributed by atoms with Gasteiger partial charge in [0.25, 0.3) is 6.43 Å². The number of halogens is 18. The average Bonchev–Trinajstić information content (AvgIpc) is 2.63. The predicted molar refractivity (Wildman–Crippen MR) is 63.5 cm³/mol. The zero-order valence-electron chi connectivity index (χ0n) is 14.4. The molecule has 3 nitrogen and oxygen atoms in total. The van der Waals surface area contributed by atoms with Crippen LogP contribution in [0.4, 0.5) is 79.0 Å². The zero-order chi connectivity index (χ0) is 27.2. The van der Waals surface area contributed by atoms with Crippen LogP contribution in [-0.4, -0.2) is 65.8 Å². The number of carboxylic acids is 1. The number of rotatable bonds is 11. The van der Waals surface area contributed by atoms with Crippen molar-refractivity contribution >= 4 is 5.97 Å². The summed E-state index contributed by atoms with van der Waals surface area (Å²) in [7, 11) is 0. The molecule has 1 N–H and O–H groups in total. The Kier molecular flexibility index (Phi) is 8.06. The van der Waals surface area contributed by atoms with E-state index in [0.29, 0.717) is 0 Å². The summed E-state index contributed by atoms with van der Waals surface area (Å²) >= 11 is 0. The normalized spacial score (nSPS) is 16.2. The average molecular weight is 538 g/mol. The molecule has 0 saturated heterocycles. The fourth-order valence-corrected chi connectivity index (χ4v) is 1.60. The van der Waals surface area contributed by atoms with E-state index in [4.69, 9.17) is 5.11 Å². The molecule has 0 aromatic heterocycles. The van der Waals surface area contributed by atoms with Gasteiger partial charge in [0, 0.05) is 0 Å². The van der Waals surface area contributed by atoms with Gasteiger partial charge >= 0.3 is 47.6 Å². The van der Waals surface area contributed by atoms with Crippen molar-refractivity contribution in [1.82, 2.24) is 0 Å². The molecule has 0 aliphatic heterocycles. The van der Waals surface area contributed by atoms with Crippen LogP contribution in [0.5, 0.6) is 0 Å². The minimum Gasteiger partial charge on any atom is -0.480 e. The zero-order valence-corrected chi connectivity index (χ0v) is 14.4. The van der Waals surface area contributed by atoms with Crippen molar-refractivity contribution in [3.63, 3.8) is 0 Å². The molecule has 0 fully saturated rings. The highest BCUT2D eigenvalue weighted by molar-refractivity contribution is 5.68. The molecule has 0 radical (unpaired) electrons. The van der Waals surface area contributed by atoms with Crippen LogP contribution < -0.4 is 0 Å². The first-order valence-corrected chi connectivity index (χ1v) is 7.02. The quantitative estimate of drug-likeness (QED) is 0.333. The lowest BCUT2D eigenvalue weighted by Crippen LogP contribution is -2.73. The molecule has 0 heterocycles. The van der Waals surface area contributed by atoms with Crippen molar-refractivity contribution in [3.8, 4) is 0 Å². The molecule has 33 heavy (non-hydrogen) atoms. The van der Waals surface area contributed by atoms with Crippen LogP contribution in [0, 0.1) is 0 Å². The number of carbonyl (C=O) groups is 1. The fourth-order valence-electron chi connectivity index (χ4n) is 1.60. The summed E-state index contributed by atoms with van der Waals surface area (Å²) in [4.78, 5) is 9.92. The van der Waals surface area contributed by atoms with Gasteiger partial charge in [-0.1, -0.05) is 0 Å². The van der Waals surface area contributed by atoms with E-state index in [0.717, 1.165) is 0 Å². The third-order valence-electron chi connectivity index (χ3n) is 3.39. The Balaban J connectivity index is 6.76. The van der Waals surface area contributed by atoms with Gasteiger partial charge in [0.05, 0.1) is 0 Å². The molecule has 0 saturated carbocycles. The molecule has 0 aliphatic carbocycles. The van der Waals surface area contributed by atoms with Crippen LogP contribution >= 0.6 is 0 Å². The van der Waals surface area contributed by atoms with E-state index in [1.807, 2.05) is 0 Å². The largest absolute Gasteiger partial charge is 0.480 e. The molecule has 0 unspecified atom stereocenters. The number of hydrogen-bond donors (Lipinski definition) is 1. The van der Waals surface area contributed by atoms with E-state index in [1.54, 1.807) is 0 Å². The first-order valence-electron chi connectivity index (χ1n) is 7.02. The molecule has 0 aromatic rings. The van der Waals surface area contributed by atoms with Crippen LogP contribution in [0.25, 0.3) is 0 Å². The summed E-state index contributed by atoms with van der Waals surface area (Å²) in [5.74, 6) is -62.3. The Morgan fingerprint density at radius 1 is 0.667 bits per heavy atom. The Morgan fingerprint density at radius 2 is 1.00 bits per heavy atom. The van der Waals surface area contributed by atoms with Crippen LogP contribution in [0.3, 0.4) is 0 Å². The van der Waals surface area contributed by atoms with Crippen molar-refractivity contribution in [1.29, 1.82) is 0 Å². The maximum absolute atomic E-state index is 13.4. The summed E-state index contributed by atoms with van der Waals surface area (Å²) < 4.78 is 237. The van der Waals surface area contributed by atoms with Gasteiger partial charge in [-0.05, 0) is 0 Å². The van der Waals surface area contributed by atoms with E-state index < -0.39 is 72.3 Å². The molecule has 196 valence electrons. The maximum Gasteiger partial charge on any atom is 0.426 e. The third kappa shape index (κ3) is 4.51. The summed E-state index contributed by atoms with van der Waals surface area (Å²) in [5, 5.41) is 7.90. The van der Waals surface area contributed by atoms with Crippen LogP contribution in [-0.2, 0) is 9.53 Å². The molecular formula is C12H4F18O3. The lowest BCUT2D eigenvalue weighted by Gasteiger charge is -2.42. The van der Waals surface area contributed by atoms with Crippen molar-refractivity contribution in [2.45, 2.75) is 48.1 Å². The molecule has 0 aromatic carbocycles. The SMILES string of the molecule is O=C(O)COC(F)(F)C(F)(F)C(F)(F)C(F)(F)C(F)(F)C(F)(F)C(F)(F)C(F)=C(F)C(F)F. The van der Waals surface area contributed by atoms with Gasteiger partial charge in [0.1, 0.15) is 0 Å². The highest BCUT2D eigenvalue weighted by Gasteiger charge is 2.93. The Morgan fingerprint density at radius 3 is 1.33 bits per heavy atom. The lowest BCUT2D eigenvalue weighted by atomic mass is 9.90. The summed E-state index contributed by atoms with van der Waals surface area (Å²) in [5.41, 5.74) is 0. The van der Waals surface area contributed by atoms with Gasteiger partial charge in [-0.25, -0.2) is 22.4 Å².